The van der Waals surface area contributed by atoms with Crippen molar-refractivity contribution >= 4 is 22.5 Å². The Balaban J connectivity index is 1.55. The Bertz CT molecular complexity index is 623. The molecule has 0 atom stereocenters. The van der Waals surface area contributed by atoms with Gasteiger partial charge in [0.05, 0.1) is 11.8 Å². The molecule has 1 aliphatic rings. The van der Waals surface area contributed by atoms with E-state index in [1.165, 1.54) is 11.3 Å². The second-order valence-corrected chi connectivity index (χ2v) is 6.24. The number of aliphatic hydroxyl groups is 1. The van der Waals surface area contributed by atoms with Gasteiger partial charge in [-0.1, -0.05) is 0 Å². The van der Waals surface area contributed by atoms with Crippen LogP contribution in [-0.4, -0.2) is 33.3 Å². The lowest BCUT2D eigenvalue weighted by Gasteiger charge is -2.25. The molecular weight excluding hydrogens is 300 g/mol. The van der Waals surface area contributed by atoms with Crippen LogP contribution in [0.4, 0.5) is 9.93 Å². The molecule has 0 saturated heterocycles. The molecule has 0 bridgehead atoms. The maximum atomic E-state index is 12.0. The van der Waals surface area contributed by atoms with Crippen LogP contribution in [0, 0.1) is 0 Å². The third-order valence-electron chi connectivity index (χ3n) is 3.71. The monoisotopic (exact) mass is 318 g/mol. The van der Waals surface area contributed by atoms with Gasteiger partial charge in [0, 0.05) is 29.4 Å². The number of thiazole rings is 1. The Labute approximate surface area is 132 Å². The predicted molar refractivity (Wildman–Crippen MR) is 85.8 cm³/mol. The molecule has 2 heterocycles. The summed E-state index contributed by atoms with van der Waals surface area (Å²) in [6, 6.07) is 3.67. The average Bonchev–Trinajstić information content (AvgIpc) is 2.99. The van der Waals surface area contributed by atoms with E-state index < -0.39 is 0 Å². The molecule has 0 aromatic carbocycles. The molecule has 0 aliphatic heterocycles. The van der Waals surface area contributed by atoms with Crippen molar-refractivity contribution in [2.75, 3.05) is 5.32 Å². The maximum absolute atomic E-state index is 12.0. The first kappa shape index (κ1) is 14.9. The number of urea groups is 1. The van der Waals surface area contributed by atoms with Crippen LogP contribution >= 0.6 is 11.3 Å². The van der Waals surface area contributed by atoms with Crippen molar-refractivity contribution in [1.29, 1.82) is 0 Å². The van der Waals surface area contributed by atoms with Crippen molar-refractivity contribution in [3.05, 3.63) is 29.9 Å². The van der Waals surface area contributed by atoms with Crippen molar-refractivity contribution in [2.24, 2.45) is 0 Å². The fraction of sp³-hybridized carbons (Fsp3) is 0.400. The number of amides is 2. The summed E-state index contributed by atoms with van der Waals surface area (Å²) in [5.41, 5.74) is 1.72. The zero-order valence-corrected chi connectivity index (χ0v) is 12.8. The smallest absolute Gasteiger partial charge is 0.321 e. The number of pyridine rings is 1. The van der Waals surface area contributed by atoms with Gasteiger partial charge >= 0.3 is 6.03 Å². The van der Waals surface area contributed by atoms with E-state index in [0.717, 1.165) is 36.9 Å². The number of nitrogens with zero attached hydrogens (tertiary/aromatic N) is 2. The zero-order valence-electron chi connectivity index (χ0n) is 12.0. The van der Waals surface area contributed by atoms with Gasteiger partial charge in [-0.25, -0.2) is 9.78 Å². The number of aromatic nitrogens is 2. The molecule has 1 saturated carbocycles. The van der Waals surface area contributed by atoms with Gasteiger partial charge in [0.25, 0.3) is 0 Å². The first-order valence-corrected chi connectivity index (χ1v) is 8.20. The van der Waals surface area contributed by atoms with Crippen LogP contribution in [0.3, 0.4) is 0 Å². The molecule has 2 amide bonds. The fourth-order valence-electron chi connectivity index (χ4n) is 2.52. The third-order valence-corrected chi connectivity index (χ3v) is 4.47. The molecule has 22 heavy (non-hydrogen) atoms. The second kappa shape index (κ2) is 6.85. The van der Waals surface area contributed by atoms with E-state index in [4.69, 9.17) is 0 Å². The van der Waals surface area contributed by atoms with Crippen molar-refractivity contribution < 1.29 is 9.90 Å². The van der Waals surface area contributed by atoms with E-state index in [2.05, 4.69) is 20.6 Å². The van der Waals surface area contributed by atoms with E-state index in [-0.39, 0.29) is 18.2 Å². The first-order valence-electron chi connectivity index (χ1n) is 7.32. The third kappa shape index (κ3) is 3.80. The van der Waals surface area contributed by atoms with Crippen LogP contribution in [0.2, 0.25) is 0 Å². The minimum absolute atomic E-state index is 0.126. The van der Waals surface area contributed by atoms with Crippen LogP contribution in [0.15, 0.2) is 29.9 Å². The lowest BCUT2D eigenvalue weighted by Crippen LogP contribution is -2.40. The minimum atomic E-state index is -0.242. The summed E-state index contributed by atoms with van der Waals surface area (Å²) in [6.07, 6.45) is 6.35. The summed E-state index contributed by atoms with van der Waals surface area (Å²) in [7, 11) is 0. The largest absolute Gasteiger partial charge is 0.393 e. The number of anilines is 1. The Kier molecular flexibility index (Phi) is 4.65. The normalized spacial score (nSPS) is 21.3. The zero-order chi connectivity index (χ0) is 15.4. The van der Waals surface area contributed by atoms with Crippen LogP contribution in [0.1, 0.15) is 25.7 Å². The summed E-state index contributed by atoms with van der Waals surface area (Å²) in [5, 5.41) is 17.6. The van der Waals surface area contributed by atoms with E-state index in [1.54, 1.807) is 12.4 Å². The summed E-state index contributed by atoms with van der Waals surface area (Å²) in [4.78, 5) is 20.4. The van der Waals surface area contributed by atoms with Crippen LogP contribution < -0.4 is 10.6 Å². The number of aliphatic hydroxyl groups excluding tert-OH is 1. The molecule has 1 aliphatic carbocycles. The fourth-order valence-corrected chi connectivity index (χ4v) is 3.23. The molecule has 0 unspecified atom stereocenters. The van der Waals surface area contributed by atoms with Gasteiger partial charge < -0.3 is 10.4 Å². The maximum Gasteiger partial charge on any atom is 0.321 e. The predicted octanol–water partition coefficient (Wildman–Crippen LogP) is 2.63. The molecule has 3 rings (SSSR count). The number of nitrogens with one attached hydrogen (secondary N) is 2. The van der Waals surface area contributed by atoms with Crippen molar-refractivity contribution in [2.45, 2.75) is 37.8 Å². The highest BCUT2D eigenvalue weighted by Crippen LogP contribution is 2.24. The van der Waals surface area contributed by atoms with Gasteiger partial charge in [0.1, 0.15) is 0 Å². The summed E-state index contributed by atoms with van der Waals surface area (Å²) >= 11 is 1.38. The van der Waals surface area contributed by atoms with E-state index in [1.807, 2.05) is 17.5 Å². The van der Waals surface area contributed by atoms with Crippen LogP contribution in [0.5, 0.6) is 0 Å². The highest BCUT2D eigenvalue weighted by Gasteiger charge is 2.21. The van der Waals surface area contributed by atoms with E-state index in [0.29, 0.717) is 5.13 Å². The van der Waals surface area contributed by atoms with E-state index >= 15 is 0 Å². The van der Waals surface area contributed by atoms with Crippen LogP contribution in [-0.2, 0) is 0 Å². The molecule has 116 valence electrons. The number of carbonyl (C=O) groups is 1. The van der Waals surface area contributed by atoms with Gasteiger partial charge in [-0.3, -0.25) is 10.3 Å². The molecule has 7 heteroatoms. The molecule has 2 aromatic rings. The number of rotatable bonds is 3. The standard InChI is InChI=1S/C15H18N4O2S/c20-12-5-3-11(4-6-12)17-14(21)19-15-18-13(9-22-15)10-2-1-7-16-8-10/h1-2,7-9,11-12,20H,3-6H2,(H2,17,18,19,21). The number of carbonyl (C=O) groups excluding carboxylic acids is 1. The highest BCUT2D eigenvalue weighted by atomic mass is 32.1. The number of hydrogen-bond donors (Lipinski definition) is 3. The minimum Gasteiger partial charge on any atom is -0.393 e. The molecule has 0 spiro atoms. The topological polar surface area (TPSA) is 87.1 Å². The molecular formula is C15H18N4O2S. The van der Waals surface area contributed by atoms with Gasteiger partial charge in [-0.15, -0.1) is 11.3 Å². The van der Waals surface area contributed by atoms with E-state index in [9.17, 15) is 9.90 Å². The van der Waals surface area contributed by atoms with Gasteiger partial charge in [-0.2, -0.15) is 0 Å². The Morgan fingerprint density at radius 1 is 1.32 bits per heavy atom. The Morgan fingerprint density at radius 2 is 2.14 bits per heavy atom. The summed E-state index contributed by atoms with van der Waals surface area (Å²) in [6.45, 7) is 0. The number of hydrogen-bond acceptors (Lipinski definition) is 5. The van der Waals surface area contributed by atoms with Crippen molar-refractivity contribution in [3.8, 4) is 11.3 Å². The molecule has 6 nitrogen and oxygen atoms in total. The highest BCUT2D eigenvalue weighted by molar-refractivity contribution is 7.14. The second-order valence-electron chi connectivity index (χ2n) is 5.38. The van der Waals surface area contributed by atoms with Crippen molar-refractivity contribution in [1.82, 2.24) is 15.3 Å². The summed E-state index contributed by atoms with van der Waals surface area (Å²) in [5.74, 6) is 0. The van der Waals surface area contributed by atoms with Crippen molar-refractivity contribution in [3.63, 3.8) is 0 Å². The molecule has 0 radical (unpaired) electrons. The van der Waals surface area contributed by atoms with Gasteiger partial charge in [0.15, 0.2) is 5.13 Å². The van der Waals surface area contributed by atoms with Crippen LogP contribution in [0.25, 0.3) is 11.3 Å². The van der Waals surface area contributed by atoms with Gasteiger partial charge in [0.2, 0.25) is 0 Å². The average molecular weight is 318 g/mol. The summed E-state index contributed by atoms with van der Waals surface area (Å²) < 4.78 is 0. The lowest BCUT2D eigenvalue weighted by molar-refractivity contribution is 0.118. The quantitative estimate of drug-likeness (QED) is 0.812. The molecule has 3 N–H and O–H groups in total. The first-order chi connectivity index (χ1) is 10.7. The molecule has 2 aromatic heterocycles. The molecule has 1 fully saturated rings. The SMILES string of the molecule is O=C(Nc1nc(-c2cccnc2)cs1)NC1CCC(O)CC1. The Hall–Kier alpha value is -1.99. The van der Waals surface area contributed by atoms with Gasteiger partial charge in [-0.05, 0) is 37.8 Å². The Morgan fingerprint density at radius 3 is 2.86 bits per heavy atom. The lowest BCUT2D eigenvalue weighted by atomic mass is 9.93.